The zero-order valence-electron chi connectivity index (χ0n) is 26.2. The summed E-state index contributed by atoms with van der Waals surface area (Å²) in [5.74, 6) is -3.91. The van der Waals surface area contributed by atoms with Gasteiger partial charge in [0, 0.05) is 37.0 Å². The number of anilines is 1. The zero-order valence-corrected chi connectivity index (χ0v) is 26.9. The highest BCUT2D eigenvalue weighted by atomic mass is 35.5. The van der Waals surface area contributed by atoms with E-state index in [1.165, 1.54) is 40.1 Å². The number of hydrogen-bond acceptors (Lipinski definition) is 8. The number of aromatic nitrogens is 7. The minimum Gasteiger partial charge on any atom is -0.475 e. The molecule has 2 atom stereocenters. The van der Waals surface area contributed by atoms with Crippen molar-refractivity contribution in [2.45, 2.75) is 38.4 Å². The van der Waals surface area contributed by atoms with Gasteiger partial charge in [0.15, 0.2) is 5.82 Å². The van der Waals surface area contributed by atoms with E-state index in [9.17, 15) is 28.0 Å². The number of carbonyl (C=O) groups is 2. The molecule has 0 saturated carbocycles. The highest BCUT2D eigenvalue weighted by Gasteiger charge is 2.38. The fraction of sp³-hybridized carbons (Fsp3) is 0.250. The molecule has 0 spiro atoms. The molecule has 1 aliphatic rings. The Morgan fingerprint density at radius 1 is 1.12 bits per heavy atom. The van der Waals surface area contributed by atoms with E-state index < -0.39 is 29.6 Å². The molecule has 1 aromatic carbocycles. The number of hydrogen-bond donors (Lipinski definition) is 2. The Morgan fingerprint density at radius 3 is 2.52 bits per heavy atom. The molecule has 5 aromatic rings. The van der Waals surface area contributed by atoms with Gasteiger partial charge in [-0.1, -0.05) is 24.9 Å². The Balaban J connectivity index is 0.000000630. The maximum atomic E-state index is 15.5. The van der Waals surface area contributed by atoms with Gasteiger partial charge < -0.3 is 10.4 Å². The molecule has 2 N–H and O–H groups in total. The second kappa shape index (κ2) is 14.3. The van der Waals surface area contributed by atoms with Gasteiger partial charge in [-0.15, -0.1) is 0 Å². The summed E-state index contributed by atoms with van der Waals surface area (Å²) in [7, 11) is 1.79. The fourth-order valence-corrected chi connectivity index (χ4v) is 5.51. The number of aliphatic carboxylic acids is 1. The van der Waals surface area contributed by atoms with E-state index in [-0.39, 0.29) is 39.4 Å². The van der Waals surface area contributed by atoms with Crippen LogP contribution in [-0.4, -0.2) is 57.3 Å². The molecule has 2 bridgehead atoms. The van der Waals surface area contributed by atoms with Crippen molar-refractivity contribution in [1.29, 1.82) is 5.26 Å². The number of nitriles is 1. The van der Waals surface area contributed by atoms with Crippen LogP contribution in [0.5, 0.6) is 0 Å². The van der Waals surface area contributed by atoms with E-state index in [4.69, 9.17) is 21.5 Å². The molecule has 4 aromatic heterocycles. The van der Waals surface area contributed by atoms with Crippen LogP contribution in [0.25, 0.3) is 28.2 Å². The van der Waals surface area contributed by atoms with Crippen LogP contribution in [0, 0.1) is 23.1 Å². The second-order valence-corrected chi connectivity index (χ2v) is 11.6. The van der Waals surface area contributed by atoms with Gasteiger partial charge in [0.25, 0.3) is 5.56 Å². The van der Waals surface area contributed by atoms with Crippen LogP contribution in [0.1, 0.15) is 43.5 Å². The van der Waals surface area contributed by atoms with Crippen molar-refractivity contribution in [3.05, 3.63) is 93.9 Å². The molecule has 1 aliphatic heterocycles. The SMILES string of the molecule is C[C@@H]1CCC[C@H](n2cnc(-c3c(-n4cc(C#N)cn4)ccc(Cl)c3F)cc2=O)c2cc(ccn2)-c2c(cnn2C)NC1=O.O=C(O)C(F)(F)F. The lowest BCUT2D eigenvalue weighted by Gasteiger charge is -2.22. The highest BCUT2D eigenvalue weighted by molar-refractivity contribution is 6.31. The van der Waals surface area contributed by atoms with Crippen molar-refractivity contribution < 1.29 is 32.3 Å². The summed E-state index contributed by atoms with van der Waals surface area (Å²) in [6.45, 7) is 1.86. The van der Waals surface area contributed by atoms with E-state index in [1.807, 2.05) is 25.1 Å². The molecule has 0 unspecified atom stereocenters. The first kappa shape index (κ1) is 35.4. The lowest BCUT2D eigenvalue weighted by Crippen LogP contribution is -2.27. The number of pyridine rings is 1. The molecule has 0 saturated heterocycles. The number of nitrogens with one attached hydrogen (secondary N) is 1. The number of carbonyl (C=O) groups excluding carboxylic acids is 1. The molecule has 0 radical (unpaired) electrons. The van der Waals surface area contributed by atoms with E-state index in [0.717, 1.165) is 5.56 Å². The number of halogens is 5. The van der Waals surface area contributed by atoms with Gasteiger partial charge in [-0.25, -0.2) is 18.9 Å². The quantitative estimate of drug-likeness (QED) is 0.228. The van der Waals surface area contributed by atoms with Crippen molar-refractivity contribution in [3.8, 4) is 34.3 Å². The van der Waals surface area contributed by atoms with Crippen LogP contribution in [0.4, 0.5) is 23.2 Å². The number of rotatable bonds is 3. The minimum atomic E-state index is -5.08. The van der Waals surface area contributed by atoms with Crippen LogP contribution in [0.2, 0.25) is 5.02 Å². The van der Waals surface area contributed by atoms with Crippen LogP contribution >= 0.6 is 11.6 Å². The van der Waals surface area contributed by atoms with Crippen molar-refractivity contribution in [2.24, 2.45) is 13.0 Å². The molecule has 1 amide bonds. The molecule has 0 fully saturated rings. The predicted molar refractivity (Wildman–Crippen MR) is 171 cm³/mol. The normalized spacial score (nSPS) is 16.1. The van der Waals surface area contributed by atoms with E-state index in [2.05, 4.69) is 25.5 Å². The first-order chi connectivity index (χ1) is 23.7. The summed E-state index contributed by atoms with van der Waals surface area (Å²) in [6, 6.07) is 9.36. The van der Waals surface area contributed by atoms with Crippen molar-refractivity contribution in [3.63, 3.8) is 0 Å². The number of carboxylic acid groups (broad SMARTS) is 1. The number of benzene rings is 1. The lowest BCUT2D eigenvalue weighted by atomic mass is 9.97. The average Bonchev–Trinajstić information content (AvgIpc) is 3.70. The number of alkyl halides is 3. The summed E-state index contributed by atoms with van der Waals surface area (Å²) in [5, 5.41) is 27.7. The van der Waals surface area contributed by atoms with Gasteiger partial charge >= 0.3 is 12.1 Å². The number of amides is 1. The molecule has 50 heavy (non-hydrogen) atoms. The van der Waals surface area contributed by atoms with Crippen LogP contribution in [-0.2, 0) is 16.6 Å². The molecule has 5 heterocycles. The summed E-state index contributed by atoms with van der Waals surface area (Å²) in [6.07, 6.45) is 4.10. The minimum absolute atomic E-state index is 0.0215. The van der Waals surface area contributed by atoms with Crippen molar-refractivity contribution >= 4 is 29.2 Å². The molecule has 6 rings (SSSR count). The van der Waals surface area contributed by atoms with Crippen LogP contribution in [0.15, 0.2) is 66.2 Å². The third-order valence-electron chi connectivity index (χ3n) is 7.86. The van der Waals surface area contributed by atoms with Gasteiger partial charge in [-0.3, -0.25) is 23.8 Å². The van der Waals surface area contributed by atoms with Crippen LogP contribution in [0.3, 0.4) is 0 Å². The van der Waals surface area contributed by atoms with Crippen molar-refractivity contribution in [2.75, 3.05) is 5.32 Å². The Labute approximate surface area is 285 Å². The Morgan fingerprint density at radius 2 is 1.86 bits per heavy atom. The number of carboxylic acids is 1. The molecular weight excluding hydrogens is 686 g/mol. The third-order valence-corrected chi connectivity index (χ3v) is 8.15. The second-order valence-electron chi connectivity index (χ2n) is 11.2. The van der Waals surface area contributed by atoms with Crippen LogP contribution < -0.4 is 10.9 Å². The predicted octanol–water partition coefficient (Wildman–Crippen LogP) is 5.54. The number of fused-ring (bicyclic) bond motifs is 4. The Kier molecular flexibility index (Phi) is 10.1. The Bertz CT molecular complexity index is 2190. The van der Waals surface area contributed by atoms with Crippen molar-refractivity contribution in [1.82, 2.24) is 34.1 Å². The number of nitrogens with zero attached hydrogens (tertiary/aromatic N) is 8. The summed E-state index contributed by atoms with van der Waals surface area (Å²) < 4.78 is 51.7. The topological polar surface area (TPSA) is 174 Å². The molecular formula is C32H26ClF4N9O4. The van der Waals surface area contributed by atoms with Gasteiger partial charge in [-0.05, 0) is 37.1 Å². The monoisotopic (exact) mass is 711 g/mol. The van der Waals surface area contributed by atoms with Gasteiger partial charge in [0.2, 0.25) is 5.91 Å². The van der Waals surface area contributed by atoms with E-state index in [1.54, 1.807) is 30.2 Å². The summed E-state index contributed by atoms with van der Waals surface area (Å²) >= 11 is 6.12. The largest absolute Gasteiger partial charge is 0.490 e. The van der Waals surface area contributed by atoms with Gasteiger partial charge in [0.05, 0.1) is 69.4 Å². The highest BCUT2D eigenvalue weighted by Crippen LogP contribution is 2.34. The molecule has 18 heteroatoms. The fourth-order valence-electron chi connectivity index (χ4n) is 5.35. The average molecular weight is 712 g/mol. The lowest BCUT2D eigenvalue weighted by molar-refractivity contribution is -0.192. The van der Waals surface area contributed by atoms with Gasteiger partial charge in [-0.2, -0.15) is 28.6 Å². The summed E-state index contributed by atoms with van der Waals surface area (Å²) in [5.41, 5.74) is 2.89. The smallest absolute Gasteiger partial charge is 0.475 e. The first-order valence-corrected chi connectivity index (χ1v) is 15.2. The van der Waals surface area contributed by atoms with E-state index >= 15 is 4.39 Å². The number of aryl methyl sites for hydroxylation is 1. The standard InChI is InChI=1S/C30H25ClFN9O2.C2HF3O2/c1-17-4-3-5-24(21-10-19(8-9-34-21)29-23(38-30(17)43)14-36-39(29)2)40-16-35-22(11-26(40)42)27-25(7-6-20(31)28(27)32)41-15-18(12-33)13-37-41;3-2(4,5)1(6)7/h6-11,13-17,24H,3-5H2,1-2H3,(H,38,43);(H,6,7)/t17-,24+;/m1./s1. The molecule has 258 valence electrons. The Hall–Kier alpha value is -5.89. The first-order valence-electron chi connectivity index (χ1n) is 14.8. The summed E-state index contributed by atoms with van der Waals surface area (Å²) in [4.78, 5) is 44.6. The van der Waals surface area contributed by atoms with Gasteiger partial charge in [0.1, 0.15) is 6.07 Å². The molecule has 13 nitrogen and oxygen atoms in total. The maximum Gasteiger partial charge on any atom is 0.490 e. The third kappa shape index (κ3) is 7.39. The zero-order chi connectivity index (χ0) is 36.3. The maximum absolute atomic E-state index is 15.5. The molecule has 0 aliphatic carbocycles. The van der Waals surface area contributed by atoms with E-state index in [0.29, 0.717) is 36.3 Å².